The highest BCUT2D eigenvalue weighted by Gasteiger charge is 2.46. The number of aromatic nitrogens is 3. The Labute approximate surface area is 121 Å². The highest BCUT2D eigenvalue weighted by molar-refractivity contribution is 6.08. The monoisotopic (exact) mass is 294 g/mol. The minimum Gasteiger partial charge on any atom is -0.354 e. The molecule has 9 nitrogen and oxygen atoms in total. The van der Waals surface area contributed by atoms with E-state index in [4.69, 9.17) is 0 Å². The first kappa shape index (κ1) is 14.9. The first-order valence-electron chi connectivity index (χ1n) is 6.71. The molecule has 0 bridgehead atoms. The summed E-state index contributed by atoms with van der Waals surface area (Å²) in [5.41, 5.74) is -0.919. The van der Waals surface area contributed by atoms with Crippen LogP contribution in [-0.2, 0) is 16.0 Å². The van der Waals surface area contributed by atoms with Crippen LogP contribution in [-0.4, -0.2) is 56.6 Å². The zero-order valence-corrected chi connectivity index (χ0v) is 12.0. The lowest BCUT2D eigenvalue weighted by molar-refractivity contribution is -0.134. The lowest BCUT2D eigenvalue weighted by Gasteiger charge is -2.19. The topological polar surface area (TPSA) is 120 Å². The number of hydrogen-bond acceptors (Lipinski definition) is 5. The number of nitrogens with one attached hydrogen (secondary N) is 3. The van der Waals surface area contributed by atoms with Gasteiger partial charge in [0.05, 0.1) is 0 Å². The van der Waals surface area contributed by atoms with E-state index in [0.29, 0.717) is 25.2 Å². The van der Waals surface area contributed by atoms with E-state index in [-0.39, 0.29) is 12.5 Å². The van der Waals surface area contributed by atoms with E-state index in [9.17, 15) is 14.4 Å². The van der Waals surface area contributed by atoms with Crippen molar-refractivity contribution in [3.05, 3.63) is 12.2 Å². The zero-order chi connectivity index (χ0) is 15.5. The van der Waals surface area contributed by atoms with Gasteiger partial charge in [-0.3, -0.25) is 19.6 Å². The summed E-state index contributed by atoms with van der Waals surface area (Å²) in [6.45, 7) is 3.52. The molecule has 2 rings (SSSR count). The third kappa shape index (κ3) is 3.18. The molecular formula is C12H18N6O3. The SMILES string of the molecule is CCC1(C)NC(=O)N(CC(=O)NCCc2ncn[nH]2)C1=O. The van der Waals surface area contributed by atoms with Gasteiger partial charge in [0, 0.05) is 13.0 Å². The average molecular weight is 294 g/mol. The highest BCUT2D eigenvalue weighted by Crippen LogP contribution is 2.20. The van der Waals surface area contributed by atoms with Crippen LogP contribution < -0.4 is 10.6 Å². The Morgan fingerprint density at radius 3 is 2.81 bits per heavy atom. The molecule has 0 radical (unpaired) electrons. The molecule has 9 heteroatoms. The second kappa shape index (κ2) is 5.90. The Hall–Kier alpha value is -2.45. The zero-order valence-electron chi connectivity index (χ0n) is 12.0. The molecule has 1 fully saturated rings. The first-order valence-corrected chi connectivity index (χ1v) is 6.71. The summed E-state index contributed by atoms with van der Waals surface area (Å²) in [4.78, 5) is 40.5. The van der Waals surface area contributed by atoms with Crippen molar-refractivity contribution in [2.24, 2.45) is 0 Å². The van der Waals surface area contributed by atoms with Crippen LogP contribution >= 0.6 is 0 Å². The van der Waals surface area contributed by atoms with E-state index >= 15 is 0 Å². The van der Waals surface area contributed by atoms with Gasteiger partial charge in [-0.1, -0.05) is 6.92 Å². The summed E-state index contributed by atoms with van der Waals surface area (Å²) < 4.78 is 0. The molecule has 1 aromatic heterocycles. The molecule has 0 aliphatic carbocycles. The van der Waals surface area contributed by atoms with Gasteiger partial charge < -0.3 is 10.6 Å². The Morgan fingerprint density at radius 2 is 2.24 bits per heavy atom. The number of imide groups is 1. The van der Waals surface area contributed by atoms with E-state index in [1.54, 1.807) is 13.8 Å². The lowest BCUT2D eigenvalue weighted by Crippen LogP contribution is -2.44. The van der Waals surface area contributed by atoms with Crippen LogP contribution in [0.4, 0.5) is 4.79 Å². The van der Waals surface area contributed by atoms with Crippen molar-refractivity contribution >= 4 is 17.8 Å². The van der Waals surface area contributed by atoms with Crippen LogP contribution in [0.15, 0.2) is 6.33 Å². The third-order valence-electron chi connectivity index (χ3n) is 3.50. The van der Waals surface area contributed by atoms with Crippen molar-refractivity contribution < 1.29 is 14.4 Å². The van der Waals surface area contributed by atoms with Gasteiger partial charge >= 0.3 is 6.03 Å². The van der Waals surface area contributed by atoms with Crippen molar-refractivity contribution in [1.29, 1.82) is 0 Å². The molecule has 0 spiro atoms. The van der Waals surface area contributed by atoms with Crippen molar-refractivity contribution in [2.45, 2.75) is 32.2 Å². The second-order valence-electron chi connectivity index (χ2n) is 5.04. The Kier molecular flexibility index (Phi) is 4.20. The summed E-state index contributed by atoms with van der Waals surface area (Å²) >= 11 is 0. The molecule has 114 valence electrons. The predicted molar refractivity (Wildman–Crippen MR) is 72.0 cm³/mol. The van der Waals surface area contributed by atoms with Crippen LogP contribution in [0.3, 0.4) is 0 Å². The van der Waals surface area contributed by atoms with Crippen LogP contribution in [0.1, 0.15) is 26.1 Å². The Morgan fingerprint density at radius 1 is 1.48 bits per heavy atom. The van der Waals surface area contributed by atoms with E-state index in [1.807, 2.05) is 0 Å². The molecule has 4 amide bonds. The summed E-state index contributed by atoms with van der Waals surface area (Å²) in [5.74, 6) is -0.109. The number of rotatable bonds is 6. The highest BCUT2D eigenvalue weighted by atomic mass is 16.2. The van der Waals surface area contributed by atoms with Crippen LogP contribution in [0.5, 0.6) is 0 Å². The number of amides is 4. The van der Waals surface area contributed by atoms with Crippen molar-refractivity contribution in [3.8, 4) is 0 Å². The van der Waals surface area contributed by atoms with Crippen LogP contribution in [0.2, 0.25) is 0 Å². The summed E-state index contributed by atoms with van der Waals surface area (Å²) in [7, 11) is 0. The van der Waals surface area contributed by atoms with Gasteiger partial charge in [0.15, 0.2) is 0 Å². The fraction of sp³-hybridized carbons (Fsp3) is 0.583. The van der Waals surface area contributed by atoms with Gasteiger partial charge in [0.1, 0.15) is 24.2 Å². The van der Waals surface area contributed by atoms with E-state index in [1.165, 1.54) is 6.33 Å². The normalized spacial score (nSPS) is 21.5. The molecule has 1 aliphatic rings. The smallest absolute Gasteiger partial charge is 0.325 e. The molecule has 0 saturated carbocycles. The number of carbonyl (C=O) groups is 3. The molecule has 1 saturated heterocycles. The van der Waals surface area contributed by atoms with E-state index < -0.39 is 17.5 Å². The molecule has 1 atom stereocenters. The summed E-state index contributed by atoms with van der Waals surface area (Å²) in [5, 5.41) is 11.6. The Bertz CT molecular complexity index is 543. The number of aromatic amines is 1. The van der Waals surface area contributed by atoms with Gasteiger partial charge in [0.25, 0.3) is 5.91 Å². The molecule has 21 heavy (non-hydrogen) atoms. The maximum absolute atomic E-state index is 12.1. The molecule has 2 heterocycles. The van der Waals surface area contributed by atoms with E-state index in [2.05, 4.69) is 25.8 Å². The number of H-pyrrole nitrogens is 1. The Balaban J connectivity index is 1.82. The summed E-state index contributed by atoms with van der Waals surface area (Å²) in [6.07, 6.45) is 2.36. The standard InChI is InChI=1S/C12H18N6O3/c1-3-12(2)10(20)18(11(21)16-12)6-9(19)13-5-4-8-14-7-15-17-8/h7H,3-6H2,1-2H3,(H,13,19)(H,16,21)(H,14,15,17). The van der Waals surface area contributed by atoms with Gasteiger partial charge in [-0.2, -0.15) is 5.10 Å². The van der Waals surface area contributed by atoms with Crippen LogP contribution in [0, 0.1) is 0 Å². The fourth-order valence-corrected chi connectivity index (χ4v) is 2.00. The maximum Gasteiger partial charge on any atom is 0.325 e. The van der Waals surface area contributed by atoms with Crippen molar-refractivity contribution in [2.75, 3.05) is 13.1 Å². The fourth-order valence-electron chi connectivity index (χ4n) is 2.00. The predicted octanol–water partition coefficient (Wildman–Crippen LogP) is -0.816. The van der Waals surface area contributed by atoms with Gasteiger partial charge in [-0.05, 0) is 13.3 Å². The van der Waals surface area contributed by atoms with Gasteiger partial charge in [0.2, 0.25) is 5.91 Å². The minimum atomic E-state index is -0.919. The quantitative estimate of drug-likeness (QED) is 0.592. The largest absolute Gasteiger partial charge is 0.354 e. The van der Waals surface area contributed by atoms with Crippen LogP contribution in [0.25, 0.3) is 0 Å². The first-order chi connectivity index (χ1) is 9.96. The van der Waals surface area contributed by atoms with Gasteiger partial charge in [-0.25, -0.2) is 9.78 Å². The summed E-state index contributed by atoms with van der Waals surface area (Å²) in [6, 6.07) is -0.533. The maximum atomic E-state index is 12.1. The lowest BCUT2D eigenvalue weighted by atomic mass is 9.99. The number of hydrogen-bond donors (Lipinski definition) is 3. The van der Waals surface area contributed by atoms with Crippen molar-refractivity contribution in [3.63, 3.8) is 0 Å². The molecule has 0 aromatic carbocycles. The average Bonchev–Trinajstić information content (AvgIpc) is 3.03. The molecular weight excluding hydrogens is 276 g/mol. The second-order valence-corrected chi connectivity index (χ2v) is 5.04. The molecule has 3 N–H and O–H groups in total. The van der Waals surface area contributed by atoms with Gasteiger partial charge in [-0.15, -0.1) is 0 Å². The number of urea groups is 1. The molecule has 1 aromatic rings. The molecule has 1 unspecified atom stereocenters. The van der Waals surface area contributed by atoms with Crippen molar-refractivity contribution in [1.82, 2.24) is 30.7 Å². The third-order valence-corrected chi connectivity index (χ3v) is 3.50. The van der Waals surface area contributed by atoms with E-state index in [0.717, 1.165) is 4.90 Å². The number of nitrogens with zero attached hydrogens (tertiary/aromatic N) is 3. The number of carbonyl (C=O) groups excluding carboxylic acids is 3. The molecule has 1 aliphatic heterocycles. The minimum absolute atomic E-state index is 0.281.